The molecule has 3 N–H and O–H groups in total. The van der Waals surface area contributed by atoms with Crippen molar-refractivity contribution in [2.75, 3.05) is 26.4 Å². The number of nitrogens with two attached hydrogens (primary N) is 1. The van der Waals surface area contributed by atoms with E-state index in [1.54, 1.807) is 0 Å². The van der Waals surface area contributed by atoms with Gasteiger partial charge in [0.05, 0.1) is 13.2 Å². The van der Waals surface area contributed by atoms with Gasteiger partial charge in [0.1, 0.15) is 6.61 Å². The fourth-order valence-corrected chi connectivity index (χ4v) is 7.10. The van der Waals surface area contributed by atoms with Crippen molar-refractivity contribution in [3.05, 3.63) is 12.2 Å². The zero-order valence-electron chi connectivity index (χ0n) is 34.5. The van der Waals surface area contributed by atoms with Gasteiger partial charge >= 0.3 is 19.8 Å². The number of allylic oxidation sites excluding steroid dienone is 2. The largest absolute Gasteiger partial charge is 0.472 e. The molecular formula is C43H84NO8P. The van der Waals surface area contributed by atoms with Gasteiger partial charge in [-0.25, -0.2) is 4.57 Å². The van der Waals surface area contributed by atoms with Crippen LogP contribution in [0.3, 0.4) is 0 Å². The molecule has 0 bridgehead atoms. The number of hydrogen-bond acceptors (Lipinski definition) is 8. The standard InChI is InChI=1S/C43H84NO8P/c1-3-5-7-9-11-13-15-17-19-20-22-23-25-27-29-31-33-35-42(45)49-39-41(40-51-53(47,48)50-38-37-44)52-43(46)36-34-32-30-28-26-24-21-18-16-14-12-10-8-6-4-2/h17,19,41H,3-16,18,20-40,44H2,1-2H3,(H,47,48). The maximum absolute atomic E-state index is 12.6. The van der Waals surface area contributed by atoms with Gasteiger partial charge in [0.15, 0.2) is 6.10 Å². The van der Waals surface area contributed by atoms with Crippen molar-refractivity contribution in [2.45, 2.75) is 225 Å². The average Bonchev–Trinajstić information content (AvgIpc) is 3.14. The Labute approximate surface area is 326 Å². The van der Waals surface area contributed by atoms with Crippen LogP contribution in [-0.2, 0) is 32.7 Å². The SMILES string of the molecule is CCCCCCCCC=CCCCCCCCCCC(=O)OCC(COP(=O)(O)OCCN)OC(=O)CCCCCCCCCCCCCCCCC. The normalized spacial score (nSPS) is 13.4. The van der Waals surface area contributed by atoms with Gasteiger partial charge in [-0.1, -0.05) is 180 Å². The number of esters is 2. The molecule has 0 aromatic heterocycles. The van der Waals surface area contributed by atoms with Crippen LogP contribution < -0.4 is 5.73 Å². The molecular weight excluding hydrogens is 689 g/mol. The maximum Gasteiger partial charge on any atom is 0.472 e. The molecule has 2 atom stereocenters. The highest BCUT2D eigenvalue weighted by molar-refractivity contribution is 7.47. The second-order valence-electron chi connectivity index (χ2n) is 14.9. The number of unbranched alkanes of at least 4 members (excludes halogenated alkanes) is 27. The summed E-state index contributed by atoms with van der Waals surface area (Å²) in [6, 6.07) is 0. The second kappa shape index (κ2) is 40.4. The second-order valence-corrected chi connectivity index (χ2v) is 16.4. The van der Waals surface area contributed by atoms with Crippen LogP contribution in [0.15, 0.2) is 12.2 Å². The molecule has 0 saturated heterocycles. The fraction of sp³-hybridized carbons (Fsp3) is 0.907. The number of hydrogen-bond donors (Lipinski definition) is 2. The van der Waals surface area contributed by atoms with E-state index < -0.39 is 26.5 Å². The number of phosphoric ester groups is 1. The molecule has 0 spiro atoms. The van der Waals surface area contributed by atoms with E-state index in [0.29, 0.717) is 6.42 Å². The van der Waals surface area contributed by atoms with Gasteiger partial charge in [0.2, 0.25) is 0 Å². The summed E-state index contributed by atoms with van der Waals surface area (Å²) in [5, 5.41) is 0. The molecule has 9 nitrogen and oxygen atoms in total. The number of ether oxygens (including phenoxy) is 2. The van der Waals surface area contributed by atoms with Crippen LogP contribution in [0.1, 0.15) is 219 Å². The lowest BCUT2D eigenvalue weighted by Crippen LogP contribution is -2.29. The van der Waals surface area contributed by atoms with E-state index in [1.165, 1.54) is 154 Å². The summed E-state index contributed by atoms with van der Waals surface area (Å²) < 4.78 is 32.8. The lowest BCUT2D eigenvalue weighted by molar-refractivity contribution is -0.161. The molecule has 0 radical (unpaired) electrons. The molecule has 2 unspecified atom stereocenters. The smallest absolute Gasteiger partial charge is 0.462 e. The Balaban J connectivity index is 4.11. The minimum Gasteiger partial charge on any atom is -0.462 e. The molecule has 0 saturated carbocycles. The first kappa shape index (κ1) is 51.8. The highest BCUT2D eigenvalue weighted by atomic mass is 31.2. The van der Waals surface area contributed by atoms with Crippen molar-refractivity contribution < 1.29 is 37.6 Å². The average molecular weight is 774 g/mol. The van der Waals surface area contributed by atoms with Crippen molar-refractivity contribution in [1.29, 1.82) is 0 Å². The van der Waals surface area contributed by atoms with E-state index in [4.69, 9.17) is 24.3 Å². The molecule has 0 amide bonds. The van der Waals surface area contributed by atoms with Crippen LogP contribution in [0.5, 0.6) is 0 Å². The molecule has 0 aliphatic carbocycles. The van der Waals surface area contributed by atoms with Crippen LogP contribution in [0.2, 0.25) is 0 Å². The molecule has 0 heterocycles. The topological polar surface area (TPSA) is 134 Å². The monoisotopic (exact) mass is 774 g/mol. The minimum atomic E-state index is -4.37. The summed E-state index contributed by atoms with van der Waals surface area (Å²) >= 11 is 0. The van der Waals surface area contributed by atoms with Gasteiger partial charge in [0, 0.05) is 19.4 Å². The Morgan fingerprint density at radius 3 is 1.34 bits per heavy atom. The highest BCUT2D eigenvalue weighted by Gasteiger charge is 2.26. The summed E-state index contributed by atoms with van der Waals surface area (Å²) in [4.78, 5) is 34.9. The van der Waals surface area contributed by atoms with E-state index in [1.807, 2.05) is 0 Å². The van der Waals surface area contributed by atoms with Gasteiger partial charge in [-0.15, -0.1) is 0 Å². The lowest BCUT2D eigenvalue weighted by atomic mass is 10.0. The zero-order chi connectivity index (χ0) is 38.9. The molecule has 0 rings (SSSR count). The van der Waals surface area contributed by atoms with Crippen LogP contribution in [0, 0.1) is 0 Å². The predicted octanol–water partition coefficient (Wildman–Crippen LogP) is 12.6. The van der Waals surface area contributed by atoms with Gasteiger partial charge in [0.25, 0.3) is 0 Å². The summed E-state index contributed by atoms with van der Waals surface area (Å²) in [5.41, 5.74) is 5.35. The minimum absolute atomic E-state index is 0.0557. The fourth-order valence-electron chi connectivity index (χ4n) is 6.34. The molecule has 314 valence electrons. The molecule has 10 heteroatoms. The molecule has 0 aliphatic heterocycles. The highest BCUT2D eigenvalue weighted by Crippen LogP contribution is 2.43. The van der Waals surface area contributed by atoms with Crippen molar-refractivity contribution in [3.63, 3.8) is 0 Å². The van der Waals surface area contributed by atoms with E-state index in [9.17, 15) is 19.0 Å². The quantitative estimate of drug-likeness (QED) is 0.0269. The molecule has 0 aliphatic rings. The first-order valence-electron chi connectivity index (χ1n) is 22.2. The van der Waals surface area contributed by atoms with Crippen LogP contribution in [-0.4, -0.2) is 49.3 Å². The van der Waals surface area contributed by atoms with Crippen molar-refractivity contribution in [3.8, 4) is 0 Å². The van der Waals surface area contributed by atoms with Crippen LogP contribution >= 0.6 is 7.82 Å². The van der Waals surface area contributed by atoms with E-state index in [0.717, 1.165) is 32.1 Å². The Bertz CT molecular complexity index is 886. The predicted molar refractivity (Wildman–Crippen MR) is 220 cm³/mol. The Hall–Kier alpha value is -1.25. The first-order chi connectivity index (χ1) is 25.8. The Morgan fingerprint density at radius 2 is 0.925 bits per heavy atom. The first-order valence-corrected chi connectivity index (χ1v) is 23.7. The van der Waals surface area contributed by atoms with Gasteiger partial charge in [-0.05, 0) is 38.5 Å². The molecule has 53 heavy (non-hydrogen) atoms. The van der Waals surface area contributed by atoms with E-state index >= 15 is 0 Å². The third-order valence-corrected chi connectivity index (χ3v) is 10.6. The van der Waals surface area contributed by atoms with Crippen molar-refractivity contribution in [1.82, 2.24) is 0 Å². The summed E-state index contributed by atoms with van der Waals surface area (Å²) in [5.74, 6) is -0.822. The summed E-state index contributed by atoms with van der Waals surface area (Å²) in [6.07, 6.45) is 40.9. The Kier molecular flexibility index (Phi) is 39.5. The third kappa shape index (κ3) is 40.2. The van der Waals surface area contributed by atoms with E-state index in [2.05, 4.69) is 26.0 Å². The molecule has 0 aromatic carbocycles. The van der Waals surface area contributed by atoms with Crippen LogP contribution in [0.4, 0.5) is 0 Å². The van der Waals surface area contributed by atoms with Crippen molar-refractivity contribution >= 4 is 19.8 Å². The van der Waals surface area contributed by atoms with Crippen molar-refractivity contribution in [2.24, 2.45) is 5.73 Å². The molecule has 0 aromatic rings. The zero-order valence-corrected chi connectivity index (χ0v) is 35.4. The third-order valence-electron chi connectivity index (χ3n) is 9.65. The number of carbonyl (C=O) groups is 2. The number of carbonyl (C=O) groups excluding carboxylic acids is 2. The number of rotatable bonds is 42. The maximum atomic E-state index is 12.6. The van der Waals surface area contributed by atoms with Crippen LogP contribution in [0.25, 0.3) is 0 Å². The molecule has 0 fully saturated rings. The lowest BCUT2D eigenvalue weighted by Gasteiger charge is -2.19. The Morgan fingerprint density at radius 1 is 0.547 bits per heavy atom. The van der Waals surface area contributed by atoms with E-state index in [-0.39, 0.29) is 38.6 Å². The van der Waals surface area contributed by atoms with Gasteiger partial charge in [-0.3, -0.25) is 18.6 Å². The van der Waals surface area contributed by atoms with Gasteiger partial charge in [-0.2, -0.15) is 0 Å². The number of phosphoric acid groups is 1. The van der Waals surface area contributed by atoms with Gasteiger partial charge < -0.3 is 20.1 Å². The summed E-state index contributed by atoms with van der Waals surface area (Å²) in [6.45, 7) is 3.75. The summed E-state index contributed by atoms with van der Waals surface area (Å²) in [7, 11) is -4.37.